The third-order valence-electron chi connectivity index (χ3n) is 3.19. The molecule has 0 saturated carbocycles. The third-order valence-corrected chi connectivity index (χ3v) is 4.01. The van der Waals surface area contributed by atoms with Crippen LogP contribution < -0.4 is 5.32 Å². The van der Waals surface area contributed by atoms with Crippen LogP contribution in [0.5, 0.6) is 0 Å². The Morgan fingerprint density at radius 3 is 2.62 bits per heavy atom. The van der Waals surface area contributed by atoms with Crippen LogP contribution in [0.1, 0.15) is 5.56 Å². The van der Waals surface area contributed by atoms with Crippen molar-refractivity contribution < 1.29 is 13.6 Å². The highest BCUT2D eigenvalue weighted by molar-refractivity contribution is 7.99. The highest BCUT2D eigenvalue weighted by Gasteiger charge is 2.11. The molecule has 0 fully saturated rings. The SMILES string of the molecule is O=C(CSc1nnc(-c2ccccc2)o1)NCc1ccccc1F. The molecule has 0 atom stereocenters. The average molecular weight is 343 g/mol. The summed E-state index contributed by atoms with van der Waals surface area (Å²) in [5.41, 5.74) is 1.26. The molecule has 3 rings (SSSR count). The van der Waals surface area contributed by atoms with Gasteiger partial charge in [-0.25, -0.2) is 4.39 Å². The molecule has 1 heterocycles. The zero-order valence-corrected chi connectivity index (χ0v) is 13.4. The molecule has 0 aliphatic rings. The molecule has 0 bridgehead atoms. The van der Waals surface area contributed by atoms with Gasteiger partial charge in [0, 0.05) is 17.7 Å². The van der Waals surface area contributed by atoms with Crippen LogP contribution in [0.3, 0.4) is 0 Å². The largest absolute Gasteiger partial charge is 0.411 e. The molecule has 0 aliphatic carbocycles. The second kappa shape index (κ2) is 7.74. The molecule has 1 aromatic heterocycles. The smallest absolute Gasteiger partial charge is 0.277 e. The van der Waals surface area contributed by atoms with E-state index in [1.54, 1.807) is 18.2 Å². The summed E-state index contributed by atoms with van der Waals surface area (Å²) in [6.07, 6.45) is 0. The van der Waals surface area contributed by atoms with Gasteiger partial charge in [0.05, 0.1) is 5.75 Å². The summed E-state index contributed by atoms with van der Waals surface area (Å²) in [6, 6.07) is 15.7. The number of carbonyl (C=O) groups is 1. The number of hydrogen-bond donors (Lipinski definition) is 1. The van der Waals surface area contributed by atoms with Gasteiger partial charge in [-0.15, -0.1) is 10.2 Å². The molecule has 5 nitrogen and oxygen atoms in total. The number of halogens is 1. The lowest BCUT2D eigenvalue weighted by Crippen LogP contribution is -2.25. The van der Waals surface area contributed by atoms with Crippen LogP contribution in [-0.2, 0) is 11.3 Å². The number of hydrogen-bond acceptors (Lipinski definition) is 5. The van der Waals surface area contributed by atoms with Crippen LogP contribution in [0.15, 0.2) is 64.2 Å². The third kappa shape index (κ3) is 4.20. The van der Waals surface area contributed by atoms with Gasteiger partial charge in [-0.2, -0.15) is 0 Å². The van der Waals surface area contributed by atoms with Crippen LogP contribution in [0.25, 0.3) is 11.5 Å². The lowest BCUT2D eigenvalue weighted by Gasteiger charge is -2.05. The minimum atomic E-state index is -0.338. The van der Waals surface area contributed by atoms with E-state index < -0.39 is 0 Å². The number of nitrogens with zero attached hydrogens (tertiary/aromatic N) is 2. The lowest BCUT2D eigenvalue weighted by molar-refractivity contribution is -0.118. The first-order valence-electron chi connectivity index (χ1n) is 7.24. The maximum atomic E-state index is 13.5. The van der Waals surface area contributed by atoms with Crippen LogP contribution >= 0.6 is 11.8 Å². The molecule has 0 saturated heterocycles. The first kappa shape index (κ1) is 16.2. The summed E-state index contributed by atoms with van der Waals surface area (Å²) < 4.78 is 19.0. The van der Waals surface area contributed by atoms with E-state index in [-0.39, 0.29) is 24.0 Å². The molecule has 1 N–H and O–H groups in total. The van der Waals surface area contributed by atoms with Gasteiger partial charge in [0.25, 0.3) is 5.22 Å². The standard InChI is InChI=1S/C17H14FN3O2S/c18-14-9-5-4-8-13(14)10-19-15(22)11-24-17-21-20-16(23-17)12-6-2-1-3-7-12/h1-9H,10-11H2,(H,19,22). The van der Waals surface area contributed by atoms with E-state index in [1.165, 1.54) is 6.07 Å². The highest BCUT2D eigenvalue weighted by Crippen LogP contribution is 2.22. The number of benzene rings is 2. The maximum absolute atomic E-state index is 13.5. The van der Waals surface area contributed by atoms with Crippen molar-refractivity contribution in [3.8, 4) is 11.5 Å². The quantitative estimate of drug-likeness (QED) is 0.696. The maximum Gasteiger partial charge on any atom is 0.277 e. The second-order valence-electron chi connectivity index (χ2n) is 4.90. The fourth-order valence-corrected chi connectivity index (χ4v) is 2.57. The second-order valence-corrected chi connectivity index (χ2v) is 5.82. The van der Waals surface area contributed by atoms with Gasteiger partial charge in [-0.05, 0) is 18.2 Å². The van der Waals surface area contributed by atoms with Gasteiger partial charge in [-0.1, -0.05) is 48.2 Å². The number of amides is 1. The number of aromatic nitrogens is 2. The predicted octanol–water partition coefficient (Wildman–Crippen LogP) is 3.28. The van der Waals surface area contributed by atoms with Crippen molar-refractivity contribution in [2.24, 2.45) is 0 Å². The minimum Gasteiger partial charge on any atom is -0.411 e. The Morgan fingerprint density at radius 2 is 1.83 bits per heavy atom. The number of carbonyl (C=O) groups excluding carboxylic acids is 1. The molecule has 0 aliphatic heterocycles. The first-order chi connectivity index (χ1) is 11.7. The number of thioether (sulfide) groups is 1. The Kier molecular flexibility index (Phi) is 5.22. The van der Waals surface area contributed by atoms with Crippen molar-refractivity contribution in [1.82, 2.24) is 15.5 Å². The van der Waals surface area contributed by atoms with Gasteiger partial charge >= 0.3 is 0 Å². The Balaban J connectivity index is 1.50. The molecule has 3 aromatic rings. The molecule has 7 heteroatoms. The summed E-state index contributed by atoms with van der Waals surface area (Å²) >= 11 is 1.14. The number of rotatable bonds is 6. The van der Waals surface area contributed by atoms with Crippen LogP contribution in [-0.4, -0.2) is 21.9 Å². The van der Waals surface area contributed by atoms with Crippen molar-refractivity contribution in [3.63, 3.8) is 0 Å². The highest BCUT2D eigenvalue weighted by atomic mass is 32.2. The average Bonchev–Trinajstić information content (AvgIpc) is 3.09. The molecule has 0 unspecified atom stereocenters. The van der Waals surface area contributed by atoms with Gasteiger partial charge < -0.3 is 9.73 Å². The topological polar surface area (TPSA) is 68.0 Å². The van der Waals surface area contributed by atoms with E-state index in [4.69, 9.17) is 4.42 Å². The van der Waals surface area contributed by atoms with E-state index in [9.17, 15) is 9.18 Å². The van der Waals surface area contributed by atoms with Crippen LogP contribution in [0.4, 0.5) is 4.39 Å². The summed E-state index contributed by atoms with van der Waals surface area (Å²) in [5.74, 6) is -0.0485. The fourth-order valence-electron chi connectivity index (χ4n) is 1.98. The van der Waals surface area contributed by atoms with Crippen LogP contribution in [0.2, 0.25) is 0 Å². The Morgan fingerprint density at radius 1 is 1.08 bits per heavy atom. The van der Waals surface area contributed by atoms with E-state index in [0.717, 1.165) is 17.3 Å². The Labute approximate surface area is 142 Å². The van der Waals surface area contributed by atoms with Crippen molar-refractivity contribution in [1.29, 1.82) is 0 Å². The predicted molar refractivity (Wildman–Crippen MR) is 88.7 cm³/mol. The molecule has 1 amide bonds. The van der Waals surface area contributed by atoms with Gasteiger partial charge in [0.2, 0.25) is 11.8 Å². The number of nitrogens with one attached hydrogen (secondary N) is 1. The Hall–Kier alpha value is -2.67. The Bertz CT molecular complexity index is 823. The summed E-state index contributed by atoms with van der Waals surface area (Å²) in [7, 11) is 0. The zero-order valence-electron chi connectivity index (χ0n) is 12.6. The summed E-state index contributed by atoms with van der Waals surface area (Å²) in [5, 5.41) is 10.8. The van der Waals surface area contributed by atoms with E-state index in [1.807, 2.05) is 30.3 Å². The van der Waals surface area contributed by atoms with Crippen molar-refractivity contribution in [3.05, 3.63) is 66.0 Å². The minimum absolute atomic E-state index is 0.116. The molecule has 2 aromatic carbocycles. The molecule has 0 spiro atoms. The molecule has 24 heavy (non-hydrogen) atoms. The van der Waals surface area contributed by atoms with Gasteiger partial charge in [-0.3, -0.25) is 4.79 Å². The first-order valence-corrected chi connectivity index (χ1v) is 8.23. The normalized spacial score (nSPS) is 10.5. The van der Waals surface area contributed by atoms with Gasteiger partial charge in [0.15, 0.2) is 0 Å². The van der Waals surface area contributed by atoms with Crippen LogP contribution in [0, 0.1) is 5.82 Å². The molecular weight excluding hydrogens is 329 g/mol. The van der Waals surface area contributed by atoms with E-state index >= 15 is 0 Å². The van der Waals surface area contributed by atoms with Crippen molar-refractivity contribution >= 4 is 17.7 Å². The van der Waals surface area contributed by atoms with Crippen molar-refractivity contribution in [2.75, 3.05) is 5.75 Å². The summed E-state index contributed by atoms with van der Waals surface area (Å²) in [6.45, 7) is 0.144. The van der Waals surface area contributed by atoms with E-state index in [0.29, 0.717) is 16.7 Å². The molecule has 122 valence electrons. The molecular formula is C17H14FN3O2S. The van der Waals surface area contributed by atoms with Gasteiger partial charge in [0.1, 0.15) is 5.82 Å². The van der Waals surface area contributed by atoms with E-state index in [2.05, 4.69) is 15.5 Å². The molecule has 0 radical (unpaired) electrons. The lowest BCUT2D eigenvalue weighted by atomic mass is 10.2. The van der Waals surface area contributed by atoms with Crippen molar-refractivity contribution in [2.45, 2.75) is 11.8 Å². The fraction of sp³-hybridized carbons (Fsp3) is 0.118. The monoisotopic (exact) mass is 343 g/mol. The zero-order chi connectivity index (χ0) is 16.8. The summed E-state index contributed by atoms with van der Waals surface area (Å²) in [4.78, 5) is 11.8.